The summed E-state index contributed by atoms with van der Waals surface area (Å²) in [5.41, 5.74) is -0.343. The fourth-order valence-electron chi connectivity index (χ4n) is 1.49. The lowest BCUT2D eigenvalue weighted by Gasteiger charge is -2.25. The number of rotatable bonds is 4. The van der Waals surface area contributed by atoms with Crippen LogP contribution in [0.2, 0.25) is 5.02 Å². The second-order valence-electron chi connectivity index (χ2n) is 3.61. The topological polar surface area (TPSA) is 64.3 Å². The molecule has 4 nitrogen and oxygen atoms in total. The van der Waals surface area contributed by atoms with E-state index in [0.29, 0.717) is 4.90 Å². The molecule has 0 aliphatic heterocycles. The normalized spacial score (nSPS) is 10.9. The largest absolute Gasteiger partial charge is 0.480 e. The Morgan fingerprint density at radius 1 is 1.47 bits per heavy atom. The molecule has 1 aromatic carbocycles. The van der Waals surface area contributed by atoms with Crippen LogP contribution in [0.25, 0.3) is 0 Å². The molecular weight excluding hydrogens is 285 g/mol. The Labute approximate surface area is 111 Å². The third-order valence-corrected chi connectivity index (χ3v) is 2.46. The summed E-state index contributed by atoms with van der Waals surface area (Å²) in [5.74, 6) is -1.44. The van der Waals surface area contributed by atoms with E-state index in [9.17, 15) is 18.0 Å². The monoisotopic (exact) mass is 292 g/mol. The highest BCUT2D eigenvalue weighted by molar-refractivity contribution is 6.32. The number of alkyl halides is 3. The van der Waals surface area contributed by atoms with Crippen molar-refractivity contribution in [3.63, 3.8) is 0 Å². The van der Waals surface area contributed by atoms with E-state index in [0.717, 1.165) is 0 Å². The van der Waals surface area contributed by atoms with Gasteiger partial charge in [-0.1, -0.05) is 17.7 Å². The molecular formula is C11H8ClF3N2O2. The molecule has 0 bridgehead atoms. The van der Waals surface area contributed by atoms with E-state index >= 15 is 0 Å². The molecule has 0 radical (unpaired) electrons. The van der Waals surface area contributed by atoms with Gasteiger partial charge in [0.05, 0.1) is 16.3 Å². The van der Waals surface area contributed by atoms with Crippen molar-refractivity contribution >= 4 is 23.3 Å². The van der Waals surface area contributed by atoms with Crippen molar-refractivity contribution in [2.75, 3.05) is 18.0 Å². The molecule has 1 rings (SSSR count). The van der Waals surface area contributed by atoms with Gasteiger partial charge < -0.3 is 10.0 Å². The highest BCUT2D eigenvalue weighted by atomic mass is 35.5. The van der Waals surface area contributed by atoms with E-state index in [-0.39, 0.29) is 16.3 Å². The van der Waals surface area contributed by atoms with Gasteiger partial charge in [0.25, 0.3) is 0 Å². The minimum absolute atomic E-state index is 0.0300. The second kappa shape index (κ2) is 5.80. The number of benzene rings is 1. The van der Waals surface area contributed by atoms with Crippen LogP contribution in [0.4, 0.5) is 18.9 Å². The Hall–Kier alpha value is -1.94. The van der Waals surface area contributed by atoms with Crippen LogP contribution in [0, 0.1) is 11.3 Å². The molecule has 19 heavy (non-hydrogen) atoms. The molecule has 0 atom stereocenters. The SMILES string of the molecule is N#Cc1c(Cl)cccc1N(CC(=O)O)CC(F)(F)F. The van der Waals surface area contributed by atoms with Crippen LogP contribution in [-0.4, -0.2) is 30.3 Å². The van der Waals surface area contributed by atoms with Crippen molar-refractivity contribution in [3.05, 3.63) is 28.8 Å². The van der Waals surface area contributed by atoms with E-state index < -0.39 is 25.2 Å². The van der Waals surface area contributed by atoms with Crippen molar-refractivity contribution in [2.45, 2.75) is 6.18 Å². The van der Waals surface area contributed by atoms with Gasteiger partial charge in [-0.2, -0.15) is 18.4 Å². The van der Waals surface area contributed by atoms with Crippen LogP contribution >= 0.6 is 11.6 Å². The van der Waals surface area contributed by atoms with Crippen LogP contribution < -0.4 is 4.90 Å². The number of carboxylic acids is 1. The summed E-state index contributed by atoms with van der Waals surface area (Å²) in [6.07, 6.45) is -4.59. The Bertz CT molecular complexity index is 526. The maximum Gasteiger partial charge on any atom is 0.405 e. The highest BCUT2D eigenvalue weighted by Gasteiger charge is 2.32. The van der Waals surface area contributed by atoms with Gasteiger partial charge in [0.2, 0.25) is 0 Å². The van der Waals surface area contributed by atoms with Gasteiger partial charge in [0, 0.05) is 0 Å². The number of hydrogen-bond acceptors (Lipinski definition) is 3. The quantitative estimate of drug-likeness (QED) is 0.926. The zero-order valence-corrected chi connectivity index (χ0v) is 10.2. The maximum absolute atomic E-state index is 12.4. The number of carboxylic acid groups (broad SMARTS) is 1. The summed E-state index contributed by atoms with van der Waals surface area (Å²) in [7, 11) is 0. The number of hydrogen-bond donors (Lipinski definition) is 1. The van der Waals surface area contributed by atoms with Crippen molar-refractivity contribution in [2.24, 2.45) is 0 Å². The first kappa shape index (κ1) is 15.1. The predicted molar refractivity (Wildman–Crippen MR) is 62.1 cm³/mol. The molecule has 0 aliphatic rings. The fraction of sp³-hybridized carbons (Fsp3) is 0.273. The first-order chi connectivity index (χ1) is 8.74. The number of anilines is 1. The molecule has 1 aromatic rings. The Kier molecular flexibility index (Phi) is 4.62. The number of halogens is 4. The van der Waals surface area contributed by atoms with Gasteiger partial charge in [-0.15, -0.1) is 0 Å². The van der Waals surface area contributed by atoms with Crippen molar-refractivity contribution in [3.8, 4) is 6.07 Å². The summed E-state index contributed by atoms with van der Waals surface area (Å²) in [4.78, 5) is 11.2. The molecule has 0 aliphatic carbocycles. The predicted octanol–water partition coefficient (Wildman–Crippen LogP) is 2.66. The summed E-state index contributed by atoms with van der Waals surface area (Å²) < 4.78 is 37.3. The molecule has 0 fully saturated rings. The minimum atomic E-state index is -4.59. The summed E-state index contributed by atoms with van der Waals surface area (Å²) >= 11 is 5.70. The summed E-state index contributed by atoms with van der Waals surface area (Å²) in [5, 5.41) is 17.5. The number of nitrogens with zero attached hydrogens (tertiary/aromatic N) is 2. The smallest absolute Gasteiger partial charge is 0.405 e. The third kappa shape index (κ3) is 4.34. The average Bonchev–Trinajstić information content (AvgIpc) is 2.25. The lowest BCUT2D eigenvalue weighted by molar-refractivity contribution is -0.136. The average molecular weight is 293 g/mol. The lowest BCUT2D eigenvalue weighted by Crippen LogP contribution is -2.38. The molecule has 0 unspecified atom stereocenters. The lowest BCUT2D eigenvalue weighted by atomic mass is 10.1. The van der Waals surface area contributed by atoms with E-state index in [1.807, 2.05) is 0 Å². The zero-order chi connectivity index (χ0) is 14.6. The number of aliphatic carboxylic acids is 1. The van der Waals surface area contributed by atoms with E-state index in [1.54, 1.807) is 6.07 Å². The minimum Gasteiger partial charge on any atom is -0.480 e. The second-order valence-corrected chi connectivity index (χ2v) is 4.02. The van der Waals surface area contributed by atoms with Gasteiger partial charge in [-0.25, -0.2) is 0 Å². The third-order valence-electron chi connectivity index (χ3n) is 2.14. The van der Waals surface area contributed by atoms with Gasteiger partial charge in [0.1, 0.15) is 19.2 Å². The number of nitriles is 1. The first-order valence-electron chi connectivity index (χ1n) is 4.96. The zero-order valence-electron chi connectivity index (χ0n) is 9.41. The van der Waals surface area contributed by atoms with Crippen LogP contribution in [0.15, 0.2) is 18.2 Å². The van der Waals surface area contributed by atoms with Crippen molar-refractivity contribution in [1.29, 1.82) is 5.26 Å². The van der Waals surface area contributed by atoms with Crippen LogP contribution in [0.5, 0.6) is 0 Å². The molecule has 1 N–H and O–H groups in total. The molecule has 0 spiro atoms. The van der Waals surface area contributed by atoms with Crippen molar-refractivity contribution in [1.82, 2.24) is 0 Å². The summed E-state index contributed by atoms with van der Waals surface area (Å²) in [6, 6.07) is 5.59. The van der Waals surface area contributed by atoms with Gasteiger partial charge in [-0.3, -0.25) is 4.79 Å². The highest BCUT2D eigenvalue weighted by Crippen LogP contribution is 2.29. The maximum atomic E-state index is 12.4. The molecule has 0 aromatic heterocycles. The van der Waals surface area contributed by atoms with E-state index in [2.05, 4.69) is 0 Å². The van der Waals surface area contributed by atoms with Crippen LogP contribution in [-0.2, 0) is 4.79 Å². The Morgan fingerprint density at radius 2 is 2.11 bits per heavy atom. The van der Waals surface area contributed by atoms with E-state index in [1.165, 1.54) is 18.2 Å². The van der Waals surface area contributed by atoms with Gasteiger partial charge in [0.15, 0.2) is 0 Å². The molecule has 102 valence electrons. The molecule has 8 heteroatoms. The first-order valence-corrected chi connectivity index (χ1v) is 5.34. The summed E-state index contributed by atoms with van der Waals surface area (Å²) in [6.45, 7) is -2.36. The van der Waals surface area contributed by atoms with Crippen LogP contribution in [0.1, 0.15) is 5.56 Å². The Balaban J connectivity index is 3.21. The fourth-order valence-corrected chi connectivity index (χ4v) is 1.70. The molecule has 0 amide bonds. The van der Waals surface area contributed by atoms with Crippen molar-refractivity contribution < 1.29 is 23.1 Å². The molecule has 0 saturated carbocycles. The van der Waals surface area contributed by atoms with Gasteiger partial charge >= 0.3 is 12.1 Å². The molecule has 0 saturated heterocycles. The van der Waals surface area contributed by atoms with Gasteiger partial charge in [-0.05, 0) is 12.1 Å². The Morgan fingerprint density at radius 3 is 2.58 bits per heavy atom. The van der Waals surface area contributed by atoms with Crippen LogP contribution in [0.3, 0.4) is 0 Å². The molecule has 0 heterocycles. The standard InChI is InChI=1S/C11H8ClF3N2O2/c12-8-2-1-3-9(7(8)4-16)17(5-10(18)19)6-11(13,14)15/h1-3H,5-6H2,(H,18,19). The van der Waals surface area contributed by atoms with E-state index in [4.69, 9.17) is 22.0 Å². The number of carbonyl (C=O) groups is 1.